The Morgan fingerprint density at radius 1 is 1.19 bits per heavy atom. The van der Waals surface area contributed by atoms with Crippen LogP contribution < -0.4 is 10.9 Å². The predicted molar refractivity (Wildman–Crippen MR) is 95.9 cm³/mol. The standard InChI is InChI=1S/C20H19F2N3O/c1-12(13-6-3-2-4-7-13)23-17-8-5-9-25-19(17)24-18-11-16(22)15(21)10-14(18)20(25)26/h2-4,6-7,10-12,17,23H,5,8-9H2,1H3. The van der Waals surface area contributed by atoms with E-state index < -0.39 is 11.6 Å². The Hall–Kier alpha value is -2.60. The first-order valence-corrected chi connectivity index (χ1v) is 8.75. The smallest absolute Gasteiger partial charge is 0.261 e. The highest BCUT2D eigenvalue weighted by Crippen LogP contribution is 2.27. The van der Waals surface area contributed by atoms with Gasteiger partial charge in [-0.15, -0.1) is 0 Å². The zero-order valence-electron chi connectivity index (χ0n) is 14.4. The van der Waals surface area contributed by atoms with Crippen molar-refractivity contribution in [1.29, 1.82) is 0 Å². The van der Waals surface area contributed by atoms with Crippen molar-refractivity contribution >= 4 is 10.9 Å². The monoisotopic (exact) mass is 355 g/mol. The fourth-order valence-electron chi connectivity index (χ4n) is 3.60. The molecule has 2 unspecified atom stereocenters. The fourth-order valence-corrected chi connectivity index (χ4v) is 3.60. The third-order valence-electron chi connectivity index (χ3n) is 4.96. The average molecular weight is 355 g/mol. The quantitative estimate of drug-likeness (QED) is 0.776. The van der Waals surface area contributed by atoms with Crippen molar-refractivity contribution in [2.75, 3.05) is 0 Å². The van der Waals surface area contributed by atoms with Crippen molar-refractivity contribution in [3.8, 4) is 0 Å². The van der Waals surface area contributed by atoms with Crippen LogP contribution in [0.5, 0.6) is 0 Å². The molecule has 4 nitrogen and oxygen atoms in total. The largest absolute Gasteiger partial charge is 0.301 e. The van der Waals surface area contributed by atoms with Crippen molar-refractivity contribution in [1.82, 2.24) is 14.9 Å². The number of halogens is 2. The predicted octanol–water partition coefficient (Wildman–Crippen LogP) is 3.86. The minimum atomic E-state index is -1.03. The van der Waals surface area contributed by atoms with Gasteiger partial charge in [0.25, 0.3) is 5.56 Å². The Kier molecular flexibility index (Phi) is 4.28. The molecular formula is C20H19F2N3O. The number of benzene rings is 2. The number of rotatable bonds is 3. The Morgan fingerprint density at radius 2 is 1.92 bits per heavy atom. The van der Waals surface area contributed by atoms with Crippen LogP contribution in [-0.2, 0) is 6.54 Å². The molecule has 0 fully saturated rings. The number of hydrogen-bond donors (Lipinski definition) is 1. The second-order valence-electron chi connectivity index (χ2n) is 6.70. The Labute approximate surface area is 149 Å². The maximum Gasteiger partial charge on any atom is 0.261 e. The van der Waals surface area contributed by atoms with Crippen molar-refractivity contribution < 1.29 is 8.78 Å². The van der Waals surface area contributed by atoms with Crippen LogP contribution in [0.15, 0.2) is 47.3 Å². The molecule has 1 aliphatic rings. The lowest BCUT2D eigenvalue weighted by Crippen LogP contribution is -2.36. The summed E-state index contributed by atoms with van der Waals surface area (Å²) in [6.07, 6.45) is 1.65. The van der Waals surface area contributed by atoms with Gasteiger partial charge in [-0.05, 0) is 31.4 Å². The van der Waals surface area contributed by atoms with Crippen molar-refractivity contribution in [2.45, 2.75) is 38.4 Å². The topological polar surface area (TPSA) is 46.9 Å². The number of nitrogens with zero attached hydrogens (tertiary/aromatic N) is 2. The lowest BCUT2D eigenvalue weighted by atomic mass is 10.0. The molecule has 0 aliphatic carbocycles. The van der Waals surface area contributed by atoms with Crippen LogP contribution >= 0.6 is 0 Å². The molecule has 4 rings (SSSR count). The molecule has 2 heterocycles. The molecule has 1 aromatic heterocycles. The molecule has 0 bridgehead atoms. The van der Waals surface area contributed by atoms with E-state index in [4.69, 9.17) is 0 Å². The highest BCUT2D eigenvalue weighted by Gasteiger charge is 2.26. The molecule has 2 atom stereocenters. The van der Waals surface area contributed by atoms with Gasteiger partial charge in [0.1, 0.15) is 5.82 Å². The van der Waals surface area contributed by atoms with Crippen LogP contribution in [-0.4, -0.2) is 9.55 Å². The van der Waals surface area contributed by atoms with Gasteiger partial charge in [-0.25, -0.2) is 13.8 Å². The number of fused-ring (bicyclic) bond motifs is 2. The van der Waals surface area contributed by atoms with Gasteiger partial charge < -0.3 is 5.32 Å². The van der Waals surface area contributed by atoms with E-state index in [-0.39, 0.29) is 28.5 Å². The summed E-state index contributed by atoms with van der Waals surface area (Å²) < 4.78 is 28.7. The maximum absolute atomic E-state index is 13.6. The van der Waals surface area contributed by atoms with Crippen LogP contribution in [0.2, 0.25) is 0 Å². The minimum Gasteiger partial charge on any atom is -0.301 e. The Bertz CT molecular complexity index is 1020. The van der Waals surface area contributed by atoms with E-state index in [1.165, 1.54) is 0 Å². The van der Waals surface area contributed by atoms with E-state index in [2.05, 4.69) is 17.2 Å². The Morgan fingerprint density at radius 3 is 2.69 bits per heavy atom. The molecule has 26 heavy (non-hydrogen) atoms. The van der Waals surface area contributed by atoms with Crippen LogP contribution in [0.25, 0.3) is 10.9 Å². The lowest BCUT2D eigenvalue weighted by Gasteiger charge is -2.29. The zero-order chi connectivity index (χ0) is 18.3. The van der Waals surface area contributed by atoms with Crippen molar-refractivity contribution in [3.05, 3.63) is 75.8 Å². The summed E-state index contributed by atoms with van der Waals surface area (Å²) in [6.45, 7) is 2.59. The van der Waals surface area contributed by atoms with Crippen LogP contribution in [0.4, 0.5) is 8.78 Å². The second kappa shape index (κ2) is 6.61. The van der Waals surface area contributed by atoms with Gasteiger partial charge >= 0.3 is 0 Å². The molecule has 0 amide bonds. The van der Waals surface area contributed by atoms with E-state index in [9.17, 15) is 13.6 Å². The summed E-state index contributed by atoms with van der Waals surface area (Å²) in [6, 6.07) is 11.9. The van der Waals surface area contributed by atoms with Gasteiger partial charge in [0, 0.05) is 18.7 Å². The molecular weight excluding hydrogens is 336 g/mol. The molecule has 0 spiro atoms. The first kappa shape index (κ1) is 16.8. The Balaban J connectivity index is 1.76. The molecule has 3 aromatic rings. The second-order valence-corrected chi connectivity index (χ2v) is 6.70. The summed E-state index contributed by atoms with van der Waals surface area (Å²) in [7, 11) is 0. The van der Waals surface area contributed by atoms with Gasteiger partial charge in [0.2, 0.25) is 0 Å². The third-order valence-corrected chi connectivity index (χ3v) is 4.96. The molecule has 134 valence electrons. The number of hydrogen-bond acceptors (Lipinski definition) is 3. The van der Waals surface area contributed by atoms with Crippen molar-refractivity contribution in [2.24, 2.45) is 0 Å². The molecule has 1 aliphatic heterocycles. The van der Waals surface area contributed by atoms with Gasteiger partial charge in [0.15, 0.2) is 11.6 Å². The highest BCUT2D eigenvalue weighted by atomic mass is 19.2. The third kappa shape index (κ3) is 2.90. The van der Waals surface area contributed by atoms with Crippen LogP contribution in [0, 0.1) is 11.6 Å². The maximum atomic E-state index is 13.6. The lowest BCUT2D eigenvalue weighted by molar-refractivity contribution is 0.349. The highest BCUT2D eigenvalue weighted by molar-refractivity contribution is 5.77. The minimum absolute atomic E-state index is 0.0744. The van der Waals surface area contributed by atoms with Crippen LogP contribution in [0.3, 0.4) is 0 Å². The zero-order valence-corrected chi connectivity index (χ0v) is 14.4. The summed E-state index contributed by atoms with van der Waals surface area (Å²) in [4.78, 5) is 17.2. The van der Waals surface area contributed by atoms with E-state index in [0.717, 1.165) is 30.5 Å². The summed E-state index contributed by atoms with van der Waals surface area (Å²) in [5.41, 5.74) is 1.02. The van der Waals surface area contributed by atoms with Gasteiger partial charge in [-0.2, -0.15) is 0 Å². The van der Waals surface area contributed by atoms with Gasteiger partial charge in [-0.3, -0.25) is 9.36 Å². The number of nitrogens with one attached hydrogen (secondary N) is 1. The SMILES string of the molecule is CC(NC1CCCn2c1nc1cc(F)c(F)cc1c2=O)c1ccccc1. The molecule has 0 saturated carbocycles. The molecule has 1 N–H and O–H groups in total. The summed E-state index contributed by atoms with van der Waals surface area (Å²) in [5, 5.41) is 3.63. The van der Waals surface area contributed by atoms with Gasteiger partial charge in [0.05, 0.1) is 16.9 Å². The van der Waals surface area contributed by atoms with Crippen LogP contribution in [0.1, 0.15) is 43.2 Å². The first-order chi connectivity index (χ1) is 12.5. The first-order valence-electron chi connectivity index (χ1n) is 8.75. The van der Waals surface area contributed by atoms with E-state index in [1.807, 2.05) is 30.3 Å². The van der Waals surface area contributed by atoms with Crippen molar-refractivity contribution in [3.63, 3.8) is 0 Å². The van der Waals surface area contributed by atoms with E-state index in [1.54, 1.807) is 4.57 Å². The fraction of sp³-hybridized carbons (Fsp3) is 0.300. The normalized spacial score (nSPS) is 17.9. The molecule has 2 aromatic carbocycles. The molecule has 0 saturated heterocycles. The summed E-state index contributed by atoms with van der Waals surface area (Å²) >= 11 is 0. The molecule has 0 radical (unpaired) electrons. The van der Waals surface area contributed by atoms with E-state index in [0.29, 0.717) is 12.4 Å². The summed E-state index contributed by atoms with van der Waals surface area (Å²) in [5.74, 6) is -1.44. The van der Waals surface area contributed by atoms with Gasteiger partial charge in [-0.1, -0.05) is 30.3 Å². The molecule has 6 heteroatoms. The van der Waals surface area contributed by atoms with E-state index >= 15 is 0 Å². The average Bonchev–Trinajstić information content (AvgIpc) is 2.65. The number of aromatic nitrogens is 2.